The molecule has 1 amide bonds. The van der Waals surface area contributed by atoms with Gasteiger partial charge >= 0.3 is 5.97 Å². The standard InChI is InChI=1S/C16H23NO4/c18-12-6-13(16(20)21)17(7-12)15(19)14-10-2-8-1-9(4-10)5-11(14)3-8/h8-14,18H,1-7H2,(H,20,21)/t8?,9?,10?,11?,12?,13-,14?/m0/s1. The summed E-state index contributed by atoms with van der Waals surface area (Å²) >= 11 is 0. The highest BCUT2D eigenvalue weighted by Crippen LogP contribution is 2.57. The van der Waals surface area contributed by atoms with Crippen molar-refractivity contribution in [1.29, 1.82) is 0 Å². The fraction of sp³-hybridized carbons (Fsp3) is 0.875. The molecule has 0 aromatic heterocycles. The Morgan fingerprint density at radius 2 is 1.48 bits per heavy atom. The fourth-order valence-electron chi connectivity index (χ4n) is 5.81. The number of carbonyl (C=O) groups excluding carboxylic acids is 1. The molecular weight excluding hydrogens is 270 g/mol. The second-order valence-corrected chi connectivity index (χ2v) is 7.69. The number of hydrogen-bond acceptors (Lipinski definition) is 3. The molecule has 5 heteroatoms. The Morgan fingerprint density at radius 3 is 2.00 bits per heavy atom. The number of aliphatic hydroxyl groups is 1. The van der Waals surface area contributed by atoms with E-state index < -0.39 is 18.1 Å². The minimum atomic E-state index is -0.983. The number of carboxylic acid groups (broad SMARTS) is 1. The molecule has 5 nitrogen and oxygen atoms in total. The van der Waals surface area contributed by atoms with E-state index in [1.165, 1.54) is 11.3 Å². The molecule has 2 atom stereocenters. The molecule has 1 unspecified atom stereocenters. The zero-order chi connectivity index (χ0) is 14.7. The summed E-state index contributed by atoms with van der Waals surface area (Å²) in [6.07, 6.45) is 5.43. The number of rotatable bonds is 2. The molecular formula is C16H23NO4. The van der Waals surface area contributed by atoms with Crippen molar-refractivity contribution in [2.75, 3.05) is 6.54 Å². The van der Waals surface area contributed by atoms with E-state index in [0.717, 1.165) is 37.5 Å². The predicted molar refractivity (Wildman–Crippen MR) is 74.3 cm³/mol. The minimum Gasteiger partial charge on any atom is -0.480 e. The molecule has 1 aliphatic heterocycles. The SMILES string of the molecule is O=C(O)[C@@H]1CC(O)CN1C(=O)C1C2CC3CC(C2)CC1C3. The number of nitrogens with zero attached hydrogens (tertiary/aromatic N) is 1. The van der Waals surface area contributed by atoms with Gasteiger partial charge in [0, 0.05) is 18.9 Å². The van der Waals surface area contributed by atoms with Gasteiger partial charge in [0.25, 0.3) is 0 Å². The van der Waals surface area contributed by atoms with Gasteiger partial charge in [-0.1, -0.05) is 0 Å². The largest absolute Gasteiger partial charge is 0.480 e. The lowest BCUT2D eigenvalue weighted by atomic mass is 9.51. The number of amides is 1. The molecule has 4 aliphatic carbocycles. The predicted octanol–water partition coefficient (Wildman–Crippen LogP) is 1.11. The molecule has 0 aromatic rings. The molecule has 21 heavy (non-hydrogen) atoms. The van der Waals surface area contributed by atoms with Crippen LogP contribution >= 0.6 is 0 Å². The van der Waals surface area contributed by atoms with Crippen LogP contribution in [0.1, 0.15) is 38.5 Å². The number of carboxylic acids is 1. The van der Waals surface area contributed by atoms with Gasteiger partial charge in [0.05, 0.1) is 6.10 Å². The van der Waals surface area contributed by atoms with Gasteiger partial charge in [-0.25, -0.2) is 4.79 Å². The Hall–Kier alpha value is -1.10. The van der Waals surface area contributed by atoms with Gasteiger partial charge in [0.2, 0.25) is 5.91 Å². The fourth-order valence-corrected chi connectivity index (χ4v) is 5.81. The van der Waals surface area contributed by atoms with E-state index in [0.29, 0.717) is 11.8 Å². The van der Waals surface area contributed by atoms with E-state index in [1.807, 2.05) is 0 Å². The molecule has 0 aromatic carbocycles. The first kappa shape index (κ1) is 13.6. The summed E-state index contributed by atoms with van der Waals surface area (Å²) in [5.41, 5.74) is 0. The average Bonchev–Trinajstić information content (AvgIpc) is 2.79. The normalized spacial score (nSPS) is 47.9. The van der Waals surface area contributed by atoms with Crippen LogP contribution in [-0.2, 0) is 9.59 Å². The minimum absolute atomic E-state index is 0.00718. The maximum Gasteiger partial charge on any atom is 0.326 e. The van der Waals surface area contributed by atoms with E-state index in [9.17, 15) is 19.8 Å². The van der Waals surface area contributed by atoms with E-state index in [4.69, 9.17) is 0 Å². The molecule has 4 bridgehead atoms. The summed E-state index contributed by atoms with van der Waals surface area (Å²) < 4.78 is 0. The summed E-state index contributed by atoms with van der Waals surface area (Å²) in [6, 6.07) is -0.829. The summed E-state index contributed by atoms with van der Waals surface area (Å²) in [7, 11) is 0. The second-order valence-electron chi connectivity index (χ2n) is 7.69. The summed E-state index contributed by atoms with van der Waals surface area (Å²) in [5, 5.41) is 19.1. The van der Waals surface area contributed by atoms with Gasteiger partial charge in [-0.15, -0.1) is 0 Å². The quantitative estimate of drug-likeness (QED) is 0.799. The van der Waals surface area contributed by atoms with Crippen LogP contribution in [0.25, 0.3) is 0 Å². The molecule has 5 rings (SSSR count). The molecule has 5 aliphatic rings. The van der Waals surface area contributed by atoms with Crippen LogP contribution < -0.4 is 0 Å². The lowest BCUT2D eigenvalue weighted by molar-refractivity contribution is -0.157. The second kappa shape index (κ2) is 4.70. The summed E-state index contributed by atoms with van der Waals surface area (Å²) in [4.78, 5) is 25.8. The first-order chi connectivity index (χ1) is 10.0. The van der Waals surface area contributed by atoms with Crippen LogP contribution in [0.2, 0.25) is 0 Å². The van der Waals surface area contributed by atoms with Crippen LogP contribution in [-0.4, -0.2) is 45.7 Å². The zero-order valence-electron chi connectivity index (χ0n) is 12.1. The van der Waals surface area contributed by atoms with Gasteiger partial charge in [-0.2, -0.15) is 0 Å². The Labute approximate surface area is 124 Å². The van der Waals surface area contributed by atoms with Crippen LogP contribution in [0.5, 0.6) is 0 Å². The number of aliphatic carboxylic acids is 1. The number of hydrogen-bond donors (Lipinski definition) is 2. The lowest BCUT2D eigenvalue weighted by Gasteiger charge is -2.54. The van der Waals surface area contributed by atoms with Crippen LogP contribution in [0.4, 0.5) is 0 Å². The highest BCUT2D eigenvalue weighted by atomic mass is 16.4. The lowest BCUT2D eigenvalue weighted by Crippen LogP contribution is -2.53. The van der Waals surface area contributed by atoms with Gasteiger partial charge < -0.3 is 15.1 Å². The van der Waals surface area contributed by atoms with Gasteiger partial charge in [-0.3, -0.25) is 4.79 Å². The Morgan fingerprint density at radius 1 is 0.905 bits per heavy atom. The summed E-state index contributed by atoms with van der Waals surface area (Å²) in [5.74, 6) is 1.57. The molecule has 4 saturated carbocycles. The number of carbonyl (C=O) groups is 2. The van der Waals surface area contributed by atoms with Gasteiger partial charge in [0.15, 0.2) is 0 Å². The molecule has 0 spiro atoms. The van der Waals surface area contributed by atoms with Crippen LogP contribution in [0, 0.1) is 29.6 Å². The highest BCUT2D eigenvalue weighted by Gasteiger charge is 2.53. The molecule has 1 saturated heterocycles. The Kier molecular flexibility index (Phi) is 3.03. The highest BCUT2D eigenvalue weighted by molar-refractivity contribution is 5.86. The van der Waals surface area contributed by atoms with Crippen molar-refractivity contribution >= 4 is 11.9 Å². The summed E-state index contributed by atoms with van der Waals surface area (Å²) in [6.45, 7) is 0.193. The van der Waals surface area contributed by atoms with Crippen molar-refractivity contribution in [2.24, 2.45) is 29.6 Å². The van der Waals surface area contributed by atoms with Crippen molar-refractivity contribution in [3.63, 3.8) is 0 Å². The monoisotopic (exact) mass is 293 g/mol. The van der Waals surface area contributed by atoms with Gasteiger partial charge in [0.1, 0.15) is 6.04 Å². The van der Waals surface area contributed by atoms with E-state index in [1.54, 1.807) is 0 Å². The topological polar surface area (TPSA) is 77.8 Å². The van der Waals surface area contributed by atoms with Crippen molar-refractivity contribution < 1.29 is 19.8 Å². The van der Waals surface area contributed by atoms with Crippen LogP contribution in [0.15, 0.2) is 0 Å². The molecule has 116 valence electrons. The Balaban J connectivity index is 1.56. The number of β-amino-alcohol motifs (C(OH)–C–C–N with tert-alkyl or cyclic N) is 1. The Bertz CT molecular complexity index is 449. The average molecular weight is 293 g/mol. The zero-order valence-corrected chi connectivity index (χ0v) is 12.1. The van der Waals surface area contributed by atoms with E-state index in [2.05, 4.69) is 0 Å². The van der Waals surface area contributed by atoms with E-state index >= 15 is 0 Å². The first-order valence-electron chi connectivity index (χ1n) is 8.24. The molecule has 5 fully saturated rings. The van der Waals surface area contributed by atoms with Crippen LogP contribution in [0.3, 0.4) is 0 Å². The van der Waals surface area contributed by atoms with Gasteiger partial charge in [-0.05, 0) is 55.8 Å². The van der Waals surface area contributed by atoms with Crippen molar-refractivity contribution in [3.8, 4) is 0 Å². The third kappa shape index (κ3) is 2.08. The first-order valence-corrected chi connectivity index (χ1v) is 8.24. The van der Waals surface area contributed by atoms with Crippen molar-refractivity contribution in [3.05, 3.63) is 0 Å². The third-order valence-electron chi connectivity index (χ3n) is 6.36. The maximum atomic E-state index is 12.9. The number of aliphatic hydroxyl groups excluding tert-OH is 1. The molecule has 2 N–H and O–H groups in total. The van der Waals surface area contributed by atoms with Crippen molar-refractivity contribution in [1.82, 2.24) is 4.90 Å². The molecule has 0 radical (unpaired) electrons. The molecule has 1 heterocycles. The maximum absolute atomic E-state index is 12.9. The smallest absolute Gasteiger partial charge is 0.326 e. The van der Waals surface area contributed by atoms with Crippen molar-refractivity contribution in [2.45, 2.75) is 50.7 Å². The number of likely N-dealkylation sites (tertiary alicyclic amines) is 1. The third-order valence-corrected chi connectivity index (χ3v) is 6.36. The van der Waals surface area contributed by atoms with E-state index in [-0.39, 0.29) is 24.8 Å².